The monoisotopic (exact) mass is 357 g/mol. The van der Waals surface area contributed by atoms with Crippen molar-refractivity contribution >= 4 is 10.8 Å². The molecule has 0 aliphatic heterocycles. The summed E-state index contributed by atoms with van der Waals surface area (Å²) < 4.78 is 15.1. The Bertz CT molecular complexity index is 997. The van der Waals surface area contributed by atoms with Crippen molar-refractivity contribution in [1.29, 1.82) is 5.26 Å². The number of hydrogen-bond acceptors (Lipinski definition) is 1. The second-order valence-electron chi connectivity index (χ2n) is 7.60. The van der Waals surface area contributed by atoms with Crippen LogP contribution in [0.5, 0.6) is 0 Å². The van der Waals surface area contributed by atoms with Crippen molar-refractivity contribution in [3.63, 3.8) is 0 Å². The molecule has 0 bridgehead atoms. The van der Waals surface area contributed by atoms with E-state index in [2.05, 4.69) is 37.3 Å². The van der Waals surface area contributed by atoms with Gasteiger partial charge in [0.25, 0.3) is 0 Å². The van der Waals surface area contributed by atoms with Crippen LogP contribution in [0.3, 0.4) is 0 Å². The molecule has 27 heavy (non-hydrogen) atoms. The number of halogens is 1. The lowest BCUT2D eigenvalue weighted by molar-refractivity contribution is 0.193. The average molecular weight is 357 g/mol. The minimum absolute atomic E-state index is 0.174. The van der Waals surface area contributed by atoms with Crippen LogP contribution in [0.1, 0.15) is 55.5 Å². The summed E-state index contributed by atoms with van der Waals surface area (Å²) in [7, 11) is 0. The molecule has 4 rings (SSSR count). The summed E-state index contributed by atoms with van der Waals surface area (Å²) in [6.07, 6.45) is 4.33. The lowest BCUT2D eigenvalue weighted by atomic mass is 9.78. The van der Waals surface area contributed by atoms with Gasteiger partial charge in [-0.1, -0.05) is 56.2 Å². The Labute approximate surface area is 160 Å². The number of benzene rings is 3. The van der Waals surface area contributed by atoms with E-state index in [9.17, 15) is 0 Å². The Morgan fingerprint density at radius 1 is 1.04 bits per heavy atom. The molecule has 0 spiro atoms. The number of aryl methyl sites for hydroxylation is 1. The van der Waals surface area contributed by atoms with E-state index >= 15 is 4.39 Å². The lowest BCUT2D eigenvalue weighted by Crippen LogP contribution is -2.18. The van der Waals surface area contributed by atoms with Crippen molar-refractivity contribution in [2.24, 2.45) is 5.92 Å². The summed E-state index contributed by atoms with van der Waals surface area (Å²) in [5.41, 5.74) is 4.98. The van der Waals surface area contributed by atoms with E-state index in [1.54, 1.807) is 0 Å². The number of hydrogen-bond donors (Lipinski definition) is 0. The van der Waals surface area contributed by atoms with Gasteiger partial charge in [-0.25, -0.2) is 4.39 Å². The molecular formula is C25H24FN. The van der Waals surface area contributed by atoms with Crippen molar-refractivity contribution in [1.82, 2.24) is 0 Å². The molecule has 2 atom stereocenters. The second-order valence-corrected chi connectivity index (χ2v) is 7.60. The maximum Gasteiger partial charge on any atom is 0.128 e. The van der Waals surface area contributed by atoms with Gasteiger partial charge in [-0.15, -0.1) is 0 Å². The zero-order chi connectivity index (χ0) is 18.8. The molecule has 0 radical (unpaired) electrons. The normalized spacial score (nSPS) is 18.9. The molecule has 0 fully saturated rings. The summed E-state index contributed by atoms with van der Waals surface area (Å²) in [6, 6.07) is 20.3. The number of fused-ring (bicyclic) bond motifs is 3. The van der Waals surface area contributed by atoms with Gasteiger partial charge in [0, 0.05) is 0 Å². The fraction of sp³-hybridized carbons (Fsp3) is 0.320. The molecule has 3 aromatic carbocycles. The molecule has 1 aliphatic rings. The van der Waals surface area contributed by atoms with Crippen LogP contribution in [-0.2, 0) is 6.42 Å². The number of unbranched alkanes of at least 4 members (excludes halogenated alkanes) is 1. The lowest BCUT2D eigenvalue weighted by Gasteiger charge is -2.29. The first-order chi connectivity index (χ1) is 13.2. The Morgan fingerprint density at radius 2 is 1.81 bits per heavy atom. The molecule has 0 aromatic heterocycles. The second kappa shape index (κ2) is 7.53. The standard InChI is InChI=1S/C25H24FN/c1-2-3-4-19-9-13-23-22-12-10-20(18-7-5-17(16-27)6-8-18)15-21(22)11-14-24(23)25(19)26/h5-8,10-12,14-15,19,25H,2-4,9,13H2,1H3/t19-,25+/m1/s1. The Morgan fingerprint density at radius 3 is 2.56 bits per heavy atom. The highest BCUT2D eigenvalue weighted by Gasteiger charge is 2.29. The van der Waals surface area contributed by atoms with Crippen LogP contribution in [-0.4, -0.2) is 0 Å². The van der Waals surface area contributed by atoms with Crippen molar-refractivity contribution in [3.8, 4) is 17.2 Å². The molecule has 0 N–H and O–H groups in total. The summed E-state index contributed by atoms with van der Waals surface area (Å²) in [5, 5.41) is 11.3. The highest BCUT2D eigenvalue weighted by atomic mass is 19.1. The van der Waals surface area contributed by atoms with Crippen LogP contribution in [0, 0.1) is 17.2 Å². The molecule has 0 amide bonds. The van der Waals surface area contributed by atoms with E-state index < -0.39 is 6.17 Å². The third-order valence-corrected chi connectivity index (χ3v) is 5.92. The van der Waals surface area contributed by atoms with Crippen LogP contribution >= 0.6 is 0 Å². The molecule has 0 unspecified atom stereocenters. The number of rotatable bonds is 4. The van der Waals surface area contributed by atoms with Gasteiger partial charge in [0.2, 0.25) is 0 Å². The van der Waals surface area contributed by atoms with Crippen molar-refractivity contribution in [3.05, 3.63) is 71.3 Å². The largest absolute Gasteiger partial charge is 0.242 e. The van der Waals surface area contributed by atoms with E-state index in [0.29, 0.717) is 5.56 Å². The predicted octanol–water partition coefficient (Wildman–Crippen LogP) is 7.14. The van der Waals surface area contributed by atoms with E-state index in [1.165, 1.54) is 10.9 Å². The predicted molar refractivity (Wildman–Crippen MR) is 109 cm³/mol. The van der Waals surface area contributed by atoms with Crippen molar-refractivity contribution in [2.45, 2.75) is 45.2 Å². The maximum atomic E-state index is 15.1. The highest BCUT2D eigenvalue weighted by Crippen LogP contribution is 2.42. The SMILES string of the molecule is CCCC[C@@H]1CCc2c(ccc3cc(-c4ccc(C#N)cc4)ccc23)[C@H]1F. The minimum Gasteiger partial charge on any atom is -0.242 e. The Hall–Kier alpha value is -2.66. The zero-order valence-corrected chi connectivity index (χ0v) is 15.7. The van der Waals surface area contributed by atoms with E-state index in [-0.39, 0.29) is 5.92 Å². The molecule has 1 nitrogen and oxygen atoms in total. The smallest absolute Gasteiger partial charge is 0.128 e. The minimum atomic E-state index is -0.831. The first-order valence-corrected chi connectivity index (χ1v) is 9.91. The van der Waals surface area contributed by atoms with Crippen LogP contribution in [0.15, 0.2) is 54.6 Å². The fourth-order valence-electron chi connectivity index (χ4n) is 4.35. The topological polar surface area (TPSA) is 23.8 Å². The molecule has 0 saturated heterocycles. The third kappa shape index (κ3) is 3.35. The van der Waals surface area contributed by atoms with Gasteiger partial charge in [0.05, 0.1) is 11.6 Å². The summed E-state index contributed by atoms with van der Waals surface area (Å²) in [4.78, 5) is 0. The summed E-state index contributed by atoms with van der Waals surface area (Å²) in [6.45, 7) is 2.17. The van der Waals surface area contributed by atoms with Gasteiger partial charge in [0.15, 0.2) is 0 Å². The molecule has 2 heteroatoms. The quantitative estimate of drug-likeness (QED) is 0.487. The van der Waals surface area contributed by atoms with Gasteiger partial charge in [-0.05, 0) is 76.4 Å². The summed E-state index contributed by atoms with van der Waals surface area (Å²) >= 11 is 0. The first-order valence-electron chi connectivity index (χ1n) is 9.91. The molecule has 1 aliphatic carbocycles. The molecule has 0 saturated carbocycles. The van der Waals surface area contributed by atoms with Crippen LogP contribution < -0.4 is 0 Å². The van der Waals surface area contributed by atoms with E-state index in [0.717, 1.165) is 54.2 Å². The Balaban J connectivity index is 1.69. The third-order valence-electron chi connectivity index (χ3n) is 5.92. The van der Waals surface area contributed by atoms with Crippen molar-refractivity contribution < 1.29 is 4.39 Å². The molecule has 3 aromatic rings. The van der Waals surface area contributed by atoms with Crippen molar-refractivity contribution in [2.75, 3.05) is 0 Å². The molecular weight excluding hydrogens is 333 g/mol. The van der Waals surface area contributed by atoms with Crippen LogP contribution in [0.4, 0.5) is 4.39 Å². The maximum absolute atomic E-state index is 15.1. The zero-order valence-electron chi connectivity index (χ0n) is 15.7. The highest BCUT2D eigenvalue weighted by molar-refractivity contribution is 5.91. The van der Waals surface area contributed by atoms with Crippen LogP contribution in [0.2, 0.25) is 0 Å². The first kappa shape index (κ1) is 17.7. The number of nitrogens with zero attached hydrogens (tertiary/aromatic N) is 1. The number of nitriles is 1. The van der Waals surface area contributed by atoms with Gasteiger partial charge < -0.3 is 0 Å². The molecule has 136 valence electrons. The van der Waals surface area contributed by atoms with Gasteiger partial charge in [-0.2, -0.15) is 5.26 Å². The average Bonchev–Trinajstić information content (AvgIpc) is 2.72. The summed E-state index contributed by atoms with van der Waals surface area (Å²) in [5.74, 6) is 0.174. The van der Waals surface area contributed by atoms with Crippen LogP contribution in [0.25, 0.3) is 21.9 Å². The molecule has 0 heterocycles. The fourth-order valence-corrected chi connectivity index (χ4v) is 4.35. The number of alkyl halides is 1. The van der Waals surface area contributed by atoms with Gasteiger partial charge >= 0.3 is 0 Å². The Kier molecular flexibility index (Phi) is 4.94. The van der Waals surface area contributed by atoms with Gasteiger partial charge in [0.1, 0.15) is 6.17 Å². The van der Waals surface area contributed by atoms with E-state index in [1.807, 2.05) is 30.3 Å². The van der Waals surface area contributed by atoms with E-state index in [4.69, 9.17) is 5.26 Å². The van der Waals surface area contributed by atoms with Gasteiger partial charge in [-0.3, -0.25) is 0 Å².